The molecular weight excluding hydrogens is 398 g/mol. The van der Waals surface area contributed by atoms with Crippen molar-refractivity contribution < 1.29 is 18.6 Å². The summed E-state index contributed by atoms with van der Waals surface area (Å²) in [5.41, 5.74) is 0. The molecule has 0 atom stereocenters. The number of nitrogens with two attached hydrogens (primary N) is 1. The summed E-state index contributed by atoms with van der Waals surface area (Å²) in [6, 6.07) is 3.36. The van der Waals surface area contributed by atoms with Gasteiger partial charge in [0, 0.05) is 10.5 Å². The predicted octanol–water partition coefficient (Wildman–Crippen LogP) is 3.01. The Morgan fingerprint density at radius 2 is 1.52 bits per heavy atom. The van der Waals surface area contributed by atoms with Crippen LogP contribution in [0.4, 0.5) is 0 Å². The Labute approximate surface area is 163 Å². The molecule has 2 saturated carbocycles. The van der Waals surface area contributed by atoms with Gasteiger partial charge in [-0.1, -0.05) is 0 Å². The zero-order chi connectivity index (χ0) is 18.4. The highest BCUT2D eigenvalue weighted by Gasteiger charge is 2.21. The van der Waals surface area contributed by atoms with Crippen LogP contribution in [0.15, 0.2) is 20.6 Å². The van der Waals surface area contributed by atoms with E-state index >= 15 is 0 Å². The number of rotatable bonds is 3. The first-order valence-corrected chi connectivity index (χ1v) is 12.3. The van der Waals surface area contributed by atoms with Gasteiger partial charge in [0.2, 0.25) is 10.0 Å². The fourth-order valence-electron chi connectivity index (χ4n) is 2.91. The lowest BCUT2D eigenvalue weighted by atomic mass is 9.97. The Hall–Kier alpha value is 0.230. The van der Waals surface area contributed by atoms with Crippen molar-refractivity contribution in [3.63, 3.8) is 0 Å². The summed E-state index contributed by atoms with van der Waals surface area (Å²) in [7, 11) is -3.57. The second-order valence-corrected chi connectivity index (χ2v) is 11.8. The summed E-state index contributed by atoms with van der Waals surface area (Å²) in [6.45, 7) is 0. The molecule has 0 saturated heterocycles. The van der Waals surface area contributed by atoms with Crippen LogP contribution in [0.5, 0.6) is 0 Å². The van der Waals surface area contributed by atoms with Crippen molar-refractivity contribution >= 4 is 45.8 Å². The van der Waals surface area contributed by atoms with Gasteiger partial charge in [-0.2, -0.15) is 12.6 Å². The SMILES string of the molecule is NS(=O)(=O)c1ccc(SC2CCC(O)CC2)s1.OC1CCC(S)CC1. The third-order valence-electron chi connectivity index (χ3n) is 4.43. The van der Waals surface area contributed by atoms with Crippen LogP contribution >= 0.6 is 35.7 Å². The maximum Gasteiger partial charge on any atom is 0.247 e. The van der Waals surface area contributed by atoms with E-state index in [0.717, 1.165) is 55.6 Å². The second-order valence-electron chi connectivity index (χ2n) is 6.63. The van der Waals surface area contributed by atoms with Crippen LogP contribution < -0.4 is 5.14 Å². The number of aliphatic hydroxyl groups excluding tert-OH is 2. The molecule has 0 unspecified atom stereocenters. The molecular formula is C16H27NO4S4. The normalized spacial score (nSPS) is 30.4. The van der Waals surface area contributed by atoms with Crippen molar-refractivity contribution in [2.75, 3.05) is 0 Å². The fourth-order valence-corrected chi connectivity index (χ4v) is 6.68. The largest absolute Gasteiger partial charge is 0.393 e. The standard InChI is InChI=1S/C10H15NO3S3.C6H12OS/c11-17(13,14)10-6-5-9(16-10)15-8-3-1-7(12)2-4-8;7-5-1-3-6(8)4-2-5/h5-8,12H,1-4H2,(H2,11,13,14);5-8H,1-4H2. The molecule has 0 aromatic carbocycles. The highest BCUT2D eigenvalue weighted by Crippen LogP contribution is 2.37. The lowest BCUT2D eigenvalue weighted by molar-refractivity contribution is 0.132. The van der Waals surface area contributed by atoms with Crippen molar-refractivity contribution in [2.45, 2.75) is 82.5 Å². The molecule has 4 N–H and O–H groups in total. The third-order valence-corrected chi connectivity index (χ3v) is 8.98. The topological polar surface area (TPSA) is 101 Å². The maximum absolute atomic E-state index is 11.1. The van der Waals surface area contributed by atoms with E-state index in [1.807, 2.05) is 0 Å². The molecule has 1 aromatic rings. The molecule has 3 rings (SSSR count). The van der Waals surface area contributed by atoms with Crippen LogP contribution in [0.25, 0.3) is 0 Å². The van der Waals surface area contributed by atoms with E-state index in [1.165, 1.54) is 11.3 Å². The third kappa shape index (κ3) is 7.78. The molecule has 0 spiro atoms. The molecule has 1 aromatic heterocycles. The first-order valence-electron chi connectivity index (χ1n) is 8.57. The van der Waals surface area contributed by atoms with Crippen LogP contribution in [0.2, 0.25) is 0 Å². The number of thioether (sulfide) groups is 1. The number of thiophene rings is 1. The molecule has 2 aliphatic rings. The maximum atomic E-state index is 11.1. The average Bonchev–Trinajstić information content (AvgIpc) is 3.02. The summed E-state index contributed by atoms with van der Waals surface area (Å²) in [4.78, 5) is 0. The van der Waals surface area contributed by atoms with Gasteiger partial charge in [0.05, 0.1) is 16.4 Å². The van der Waals surface area contributed by atoms with Gasteiger partial charge in [-0.3, -0.25) is 0 Å². The molecule has 0 aliphatic heterocycles. The Morgan fingerprint density at radius 3 is 1.96 bits per heavy atom. The Bertz CT molecular complexity index is 608. The van der Waals surface area contributed by atoms with E-state index in [9.17, 15) is 13.5 Å². The molecule has 1 heterocycles. The number of thiol groups is 1. The van der Waals surface area contributed by atoms with Gasteiger partial charge in [0.1, 0.15) is 4.21 Å². The van der Waals surface area contributed by atoms with Crippen molar-refractivity contribution in [1.82, 2.24) is 0 Å². The van der Waals surface area contributed by atoms with Gasteiger partial charge in [0.25, 0.3) is 0 Å². The zero-order valence-corrected chi connectivity index (χ0v) is 17.4. The van der Waals surface area contributed by atoms with E-state index in [0.29, 0.717) is 10.5 Å². The van der Waals surface area contributed by atoms with Gasteiger partial charge in [-0.25, -0.2) is 13.6 Å². The average molecular weight is 426 g/mol. The van der Waals surface area contributed by atoms with Gasteiger partial charge < -0.3 is 10.2 Å². The van der Waals surface area contributed by atoms with E-state index in [2.05, 4.69) is 12.6 Å². The molecule has 0 bridgehead atoms. The van der Waals surface area contributed by atoms with Crippen LogP contribution in [-0.2, 0) is 10.0 Å². The van der Waals surface area contributed by atoms with Gasteiger partial charge in [-0.15, -0.1) is 23.1 Å². The minimum atomic E-state index is -3.57. The number of hydrogen-bond donors (Lipinski definition) is 4. The lowest BCUT2D eigenvalue weighted by Crippen LogP contribution is -2.19. The Kier molecular flexibility index (Phi) is 8.58. The summed E-state index contributed by atoms with van der Waals surface area (Å²) in [5.74, 6) is 0. The van der Waals surface area contributed by atoms with Gasteiger partial charge >= 0.3 is 0 Å². The summed E-state index contributed by atoms with van der Waals surface area (Å²) in [5, 5.41) is 24.5. The minimum absolute atomic E-state index is 0.0293. The summed E-state index contributed by atoms with van der Waals surface area (Å²) in [6.07, 6.45) is 7.53. The molecule has 2 fully saturated rings. The van der Waals surface area contributed by atoms with Crippen molar-refractivity contribution in [1.29, 1.82) is 0 Å². The van der Waals surface area contributed by atoms with Crippen LogP contribution in [0.3, 0.4) is 0 Å². The van der Waals surface area contributed by atoms with Gasteiger partial charge in [-0.05, 0) is 63.5 Å². The van der Waals surface area contributed by atoms with Crippen molar-refractivity contribution in [3.8, 4) is 0 Å². The highest BCUT2D eigenvalue weighted by molar-refractivity contribution is 8.02. The zero-order valence-electron chi connectivity index (χ0n) is 14.1. The quantitative estimate of drug-likeness (QED) is 0.558. The smallest absolute Gasteiger partial charge is 0.247 e. The molecule has 0 amide bonds. The molecule has 5 nitrogen and oxygen atoms in total. The molecule has 144 valence electrons. The Morgan fingerprint density at radius 1 is 1.00 bits per heavy atom. The van der Waals surface area contributed by atoms with E-state index < -0.39 is 10.0 Å². The molecule has 25 heavy (non-hydrogen) atoms. The lowest BCUT2D eigenvalue weighted by Gasteiger charge is -2.24. The fraction of sp³-hybridized carbons (Fsp3) is 0.750. The predicted molar refractivity (Wildman–Crippen MR) is 107 cm³/mol. The first-order chi connectivity index (χ1) is 11.7. The molecule has 2 aliphatic carbocycles. The van der Waals surface area contributed by atoms with Gasteiger partial charge in [0.15, 0.2) is 0 Å². The molecule has 9 heteroatoms. The highest BCUT2D eigenvalue weighted by atomic mass is 32.3. The first kappa shape index (κ1) is 21.5. The summed E-state index contributed by atoms with van der Waals surface area (Å²) >= 11 is 7.20. The monoisotopic (exact) mass is 425 g/mol. The van der Waals surface area contributed by atoms with Crippen molar-refractivity contribution in [3.05, 3.63) is 12.1 Å². The van der Waals surface area contributed by atoms with Crippen LogP contribution in [0, 0.1) is 0 Å². The van der Waals surface area contributed by atoms with E-state index in [1.54, 1.807) is 23.9 Å². The number of primary sulfonamides is 1. The van der Waals surface area contributed by atoms with Crippen molar-refractivity contribution in [2.24, 2.45) is 5.14 Å². The minimum Gasteiger partial charge on any atom is -0.393 e. The number of hydrogen-bond acceptors (Lipinski definition) is 7. The van der Waals surface area contributed by atoms with E-state index in [-0.39, 0.29) is 16.4 Å². The van der Waals surface area contributed by atoms with Crippen LogP contribution in [0.1, 0.15) is 51.4 Å². The second kappa shape index (κ2) is 9.96. The number of aliphatic hydroxyl groups is 2. The molecule has 0 radical (unpaired) electrons. The Balaban J connectivity index is 0.000000236. The van der Waals surface area contributed by atoms with E-state index in [4.69, 9.17) is 10.2 Å². The summed E-state index contributed by atoms with van der Waals surface area (Å²) < 4.78 is 23.5. The van der Waals surface area contributed by atoms with Crippen LogP contribution in [-0.4, -0.2) is 41.3 Å². The number of sulfonamides is 1.